The van der Waals surface area contributed by atoms with Crippen molar-refractivity contribution in [2.45, 2.75) is 13.3 Å². The van der Waals surface area contributed by atoms with E-state index >= 15 is 0 Å². The molecule has 1 nitrogen and oxygen atoms in total. The Balaban J connectivity index is 2.37. The van der Waals surface area contributed by atoms with Crippen molar-refractivity contribution in [1.82, 2.24) is 4.98 Å². The van der Waals surface area contributed by atoms with E-state index in [0.29, 0.717) is 0 Å². The van der Waals surface area contributed by atoms with E-state index in [0.717, 1.165) is 17.7 Å². The van der Waals surface area contributed by atoms with Crippen molar-refractivity contribution >= 4 is 0 Å². The first kappa shape index (κ1) is 9.84. The van der Waals surface area contributed by atoms with E-state index in [-0.39, 0.29) is 5.82 Å². The minimum absolute atomic E-state index is 0.228. The molecule has 0 bridgehead atoms. The third-order valence-electron chi connectivity index (χ3n) is 2.35. The van der Waals surface area contributed by atoms with Gasteiger partial charge in [0.1, 0.15) is 5.82 Å². The summed E-state index contributed by atoms with van der Waals surface area (Å²) in [6.45, 7) is 2.08. The van der Waals surface area contributed by atoms with Crippen LogP contribution >= 0.6 is 0 Å². The molecule has 0 atom stereocenters. The second-order valence-electron chi connectivity index (χ2n) is 3.42. The van der Waals surface area contributed by atoms with Gasteiger partial charge in [-0.15, -0.1) is 0 Å². The van der Waals surface area contributed by atoms with Crippen LogP contribution < -0.4 is 0 Å². The topological polar surface area (TPSA) is 12.9 Å². The zero-order valence-electron chi connectivity index (χ0n) is 8.57. The number of halogens is 1. The third kappa shape index (κ3) is 2.21. The van der Waals surface area contributed by atoms with Gasteiger partial charge in [-0.3, -0.25) is 4.98 Å². The van der Waals surface area contributed by atoms with Crippen molar-refractivity contribution in [3.63, 3.8) is 0 Å². The Morgan fingerprint density at radius 3 is 2.67 bits per heavy atom. The van der Waals surface area contributed by atoms with E-state index in [2.05, 4.69) is 11.9 Å². The average Bonchev–Trinajstić information content (AvgIpc) is 2.29. The molecule has 0 saturated carbocycles. The fraction of sp³-hybridized carbons (Fsp3) is 0.154. The van der Waals surface area contributed by atoms with E-state index in [4.69, 9.17) is 0 Å². The first-order valence-corrected chi connectivity index (χ1v) is 5.00. The first-order chi connectivity index (χ1) is 7.29. The molecule has 0 aliphatic heterocycles. The minimum atomic E-state index is -0.228. The highest BCUT2D eigenvalue weighted by Gasteiger charge is 2.00. The molecule has 2 heteroatoms. The van der Waals surface area contributed by atoms with E-state index in [1.165, 1.54) is 17.7 Å². The van der Waals surface area contributed by atoms with Crippen molar-refractivity contribution in [3.8, 4) is 11.3 Å². The van der Waals surface area contributed by atoms with Gasteiger partial charge >= 0.3 is 0 Å². The largest absolute Gasteiger partial charge is 0.256 e. The maximum Gasteiger partial charge on any atom is 0.123 e. The predicted molar refractivity (Wildman–Crippen MR) is 59.0 cm³/mol. The van der Waals surface area contributed by atoms with Crippen molar-refractivity contribution in [3.05, 3.63) is 54.0 Å². The molecular formula is C13H12FN. The average molecular weight is 201 g/mol. The normalized spacial score (nSPS) is 10.3. The smallest absolute Gasteiger partial charge is 0.123 e. The Hall–Kier alpha value is -1.70. The molecule has 1 aromatic heterocycles. The van der Waals surface area contributed by atoms with Crippen LogP contribution in [0.5, 0.6) is 0 Å². The second-order valence-corrected chi connectivity index (χ2v) is 3.42. The van der Waals surface area contributed by atoms with Crippen LogP contribution in [-0.2, 0) is 6.42 Å². The van der Waals surface area contributed by atoms with Crippen LogP contribution in [0.3, 0.4) is 0 Å². The number of hydrogen-bond acceptors (Lipinski definition) is 1. The predicted octanol–water partition coefficient (Wildman–Crippen LogP) is 3.45. The van der Waals surface area contributed by atoms with Gasteiger partial charge in [-0.2, -0.15) is 0 Å². The summed E-state index contributed by atoms with van der Waals surface area (Å²) in [4.78, 5) is 4.29. The molecule has 0 aliphatic carbocycles. The van der Waals surface area contributed by atoms with E-state index in [1.54, 1.807) is 6.07 Å². The monoisotopic (exact) mass is 201 g/mol. The van der Waals surface area contributed by atoms with Crippen LogP contribution in [0.25, 0.3) is 11.3 Å². The summed E-state index contributed by atoms with van der Waals surface area (Å²) >= 11 is 0. The molecule has 0 N–H and O–H groups in total. The van der Waals surface area contributed by atoms with Crippen molar-refractivity contribution in [2.75, 3.05) is 0 Å². The molecule has 2 rings (SSSR count). The molecule has 0 spiro atoms. The molecule has 0 amide bonds. The highest BCUT2D eigenvalue weighted by atomic mass is 19.1. The summed E-state index contributed by atoms with van der Waals surface area (Å²) < 4.78 is 13.0. The van der Waals surface area contributed by atoms with E-state index in [1.807, 2.05) is 24.4 Å². The van der Waals surface area contributed by atoms with Crippen LogP contribution in [0.15, 0.2) is 42.6 Å². The highest BCUT2D eigenvalue weighted by molar-refractivity contribution is 5.58. The lowest BCUT2D eigenvalue weighted by Crippen LogP contribution is -1.87. The zero-order chi connectivity index (χ0) is 10.7. The fourth-order valence-corrected chi connectivity index (χ4v) is 1.45. The van der Waals surface area contributed by atoms with E-state index < -0.39 is 0 Å². The highest BCUT2D eigenvalue weighted by Crippen LogP contribution is 2.17. The number of benzene rings is 1. The summed E-state index contributed by atoms with van der Waals surface area (Å²) in [6.07, 6.45) is 2.80. The van der Waals surface area contributed by atoms with Gasteiger partial charge in [-0.1, -0.05) is 25.1 Å². The Labute approximate surface area is 88.6 Å². The van der Waals surface area contributed by atoms with Crippen LogP contribution in [0, 0.1) is 5.82 Å². The van der Waals surface area contributed by atoms with Crippen molar-refractivity contribution in [1.29, 1.82) is 0 Å². The minimum Gasteiger partial charge on any atom is -0.256 e. The number of rotatable bonds is 2. The quantitative estimate of drug-likeness (QED) is 0.725. The number of pyridine rings is 1. The molecule has 0 radical (unpaired) electrons. The molecule has 1 aromatic carbocycles. The lowest BCUT2D eigenvalue weighted by Gasteiger charge is -2.01. The Bertz CT molecular complexity index is 448. The summed E-state index contributed by atoms with van der Waals surface area (Å²) in [5.41, 5.74) is 2.82. The van der Waals surface area contributed by atoms with E-state index in [9.17, 15) is 4.39 Å². The number of aromatic nitrogens is 1. The molecule has 0 saturated heterocycles. The Morgan fingerprint density at radius 2 is 2.07 bits per heavy atom. The molecule has 0 aliphatic rings. The van der Waals surface area contributed by atoms with Crippen molar-refractivity contribution < 1.29 is 4.39 Å². The summed E-state index contributed by atoms with van der Waals surface area (Å²) in [6, 6.07) is 10.4. The molecule has 2 aromatic rings. The van der Waals surface area contributed by atoms with Gasteiger partial charge in [-0.05, 0) is 30.2 Å². The second kappa shape index (κ2) is 4.22. The fourth-order valence-electron chi connectivity index (χ4n) is 1.45. The first-order valence-electron chi connectivity index (χ1n) is 5.00. The summed E-state index contributed by atoms with van der Waals surface area (Å²) in [5, 5.41) is 0. The van der Waals surface area contributed by atoms with Gasteiger partial charge in [0.15, 0.2) is 0 Å². The van der Waals surface area contributed by atoms with Crippen LogP contribution in [0.1, 0.15) is 12.5 Å². The number of hydrogen-bond donors (Lipinski definition) is 0. The molecule has 0 unspecified atom stereocenters. The summed E-state index contributed by atoms with van der Waals surface area (Å²) in [7, 11) is 0. The van der Waals surface area contributed by atoms with Gasteiger partial charge in [-0.25, -0.2) is 4.39 Å². The lowest BCUT2D eigenvalue weighted by atomic mass is 10.1. The molecule has 15 heavy (non-hydrogen) atoms. The molecule has 0 fully saturated rings. The number of nitrogens with zero attached hydrogens (tertiary/aromatic N) is 1. The maximum absolute atomic E-state index is 13.0. The lowest BCUT2D eigenvalue weighted by molar-refractivity contribution is 0.628. The third-order valence-corrected chi connectivity index (χ3v) is 2.35. The SMILES string of the molecule is CCc1ccc(-c2cccc(F)c2)nc1. The molecular weight excluding hydrogens is 189 g/mol. The van der Waals surface area contributed by atoms with Gasteiger partial charge in [0, 0.05) is 11.8 Å². The van der Waals surface area contributed by atoms with Crippen molar-refractivity contribution in [2.24, 2.45) is 0 Å². The van der Waals surface area contributed by atoms with Gasteiger partial charge in [0.2, 0.25) is 0 Å². The van der Waals surface area contributed by atoms with Crippen LogP contribution in [-0.4, -0.2) is 4.98 Å². The molecule has 1 heterocycles. The van der Waals surface area contributed by atoms with Gasteiger partial charge in [0.25, 0.3) is 0 Å². The number of aryl methyl sites for hydroxylation is 1. The standard InChI is InChI=1S/C13H12FN/c1-2-10-6-7-13(15-9-10)11-4-3-5-12(14)8-11/h3-9H,2H2,1H3. The van der Waals surface area contributed by atoms with Gasteiger partial charge < -0.3 is 0 Å². The van der Waals surface area contributed by atoms with Gasteiger partial charge in [0.05, 0.1) is 5.69 Å². The summed E-state index contributed by atoms with van der Waals surface area (Å²) in [5.74, 6) is -0.228. The zero-order valence-corrected chi connectivity index (χ0v) is 8.57. The van der Waals surface area contributed by atoms with Crippen LogP contribution in [0.2, 0.25) is 0 Å². The maximum atomic E-state index is 13.0. The Kier molecular flexibility index (Phi) is 2.77. The Morgan fingerprint density at radius 1 is 1.20 bits per heavy atom. The molecule has 76 valence electrons. The van der Waals surface area contributed by atoms with Crippen LogP contribution in [0.4, 0.5) is 4.39 Å².